The highest BCUT2D eigenvalue weighted by Gasteiger charge is 2.27. The normalized spacial score (nSPS) is 12.3. The second kappa shape index (κ2) is 12.2. The van der Waals surface area contributed by atoms with Crippen molar-refractivity contribution in [2.45, 2.75) is 73.0 Å². The maximum atomic E-state index is 13.3. The summed E-state index contributed by atoms with van der Waals surface area (Å²) in [4.78, 5) is 27.6. The minimum Gasteiger partial charge on any atom is -0.352 e. The molecule has 0 heterocycles. The van der Waals surface area contributed by atoms with Crippen molar-refractivity contribution < 1.29 is 18.0 Å². The van der Waals surface area contributed by atoms with E-state index < -0.39 is 16.1 Å². The van der Waals surface area contributed by atoms with Gasteiger partial charge in [-0.2, -0.15) is 0 Å². The van der Waals surface area contributed by atoms with Crippen LogP contribution in [0, 0.1) is 20.8 Å². The van der Waals surface area contributed by atoms with Crippen LogP contribution in [0.25, 0.3) is 0 Å². The zero-order chi connectivity index (χ0) is 26.3. The van der Waals surface area contributed by atoms with Crippen molar-refractivity contribution in [3.8, 4) is 0 Å². The Kier molecular flexibility index (Phi) is 9.89. The van der Waals surface area contributed by atoms with Crippen molar-refractivity contribution in [1.29, 1.82) is 0 Å². The van der Waals surface area contributed by atoms with E-state index in [4.69, 9.17) is 0 Å². The molecule has 2 aromatic rings. The van der Waals surface area contributed by atoms with Gasteiger partial charge in [-0.3, -0.25) is 13.9 Å². The first-order valence-electron chi connectivity index (χ1n) is 12.0. The number of carbonyl (C=O) groups is 2. The average Bonchev–Trinajstić information content (AvgIpc) is 2.76. The van der Waals surface area contributed by atoms with Crippen LogP contribution in [0.2, 0.25) is 0 Å². The first-order valence-corrected chi connectivity index (χ1v) is 13.8. The number of benzene rings is 2. The number of sulfonamides is 1. The van der Waals surface area contributed by atoms with Crippen LogP contribution in [-0.2, 0) is 26.2 Å². The van der Waals surface area contributed by atoms with Gasteiger partial charge < -0.3 is 10.2 Å². The van der Waals surface area contributed by atoms with Crippen LogP contribution in [0.15, 0.2) is 42.5 Å². The molecule has 2 aromatic carbocycles. The molecule has 8 heteroatoms. The van der Waals surface area contributed by atoms with E-state index >= 15 is 0 Å². The highest BCUT2D eigenvalue weighted by atomic mass is 32.2. The number of rotatable bonds is 11. The van der Waals surface area contributed by atoms with Gasteiger partial charge in [-0.1, -0.05) is 35.9 Å². The lowest BCUT2D eigenvalue weighted by Gasteiger charge is -2.30. The summed E-state index contributed by atoms with van der Waals surface area (Å²) in [5, 5.41) is 2.88. The number of hydrogen-bond donors (Lipinski definition) is 1. The van der Waals surface area contributed by atoms with E-state index in [1.165, 1.54) is 10.6 Å². The van der Waals surface area contributed by atoms with E-state index in [0.29, 0.717) is 18.7 Å². The van der Waals surface area contributed by atoms with Crippen LogP contribution in [0.5, 0.6) is 0 Å². The molecule has 35 heavy (non-hydrogen) atoms. The fraction of sp³-hybridized carbons (Fsp3) is 0.481. The molecular weight excluding hydrogens is 462 g/mol. The Labute approximate surface area is 210 Å². The highest BCUT2D eigenvalue weighted by molar-refractivity contribution is 7.92. The topological polar surface area (TPSA) is 86.8 Å². The minimum absolute atomic E-state index is 0.0393. The molecule has 0 aliphatic carbocycles. The van der Waals surface area contributed by atoms with E-state index in [1.54, 1.807) is 17.9 Å². The fourth-order valence-corrected chi connectivity index (χ4v) is 4.72. The summed E-state index contributed by atoms with van der Waals surface area (Å²) in [5.41, 5.74) is 4.72. The molecule has 0 bridgehead atoms. The Bertz CT molecular complexity index is 1130. The van der Waals surface area contributed by atoms with Crippen molar-refractivity contribution >= 4 is 27.5 Å². The van der Waals surface area contributed by atoms with Crippen LogP contribution in [0.1, 0.15) is 55.9 Å². The van der Waals surface area contributed by atoms with Crippen molar-refractivity contribution in [1.82, 2.24) is 10.2 Å². The van der Waals surface area contributed by atoms with Gasteiger partial charge in [0.15, 0.2) is 0 Å². The third kappa shape index (κ3) is 8.38. The Hall–Kier alpha value is -2.87. The first kappa shape index (κ1) is 28.4. The molecule has 2 amide bonds. The van der Waals surface area contributed by atoms with Crippen molar-refractivity contribution in [2.24, 2.45) is 0 Å². The summed E-state index contributed by atoms with van der Waals surface area (Å²) in [6.45, 7) is 11.9. The van der Waals surface area contributed by atoms with E-state index in [9.17, 15) is 18.0 Å². The van der Waals surface area contributed by atoms with Gasteiger partial charge in [-0.05, 0) is 76.8 Å². The van der Waals surface area contributed by atoms with E-state index in [1.807, 2.05) is 71.0 Å². The van der Waals surface area contributed by atoms with Crippen molar-refractivity contribution in [3.63, 3.8) is 0 Å². The predicted molar refractivity (Wildman–Crippen MR) is 142 cm³/mol. The average molecular weight is 502 g/mol. The third-order valence-corrected chi connectivity index (χ3v) is 7.20. The Morgan fingerprint density at radius 2 is 1.57 bits per heavy atom. The SMILES string of the molecule is Cc1ccc(CN(C(=O)CCCN(c2ccc(C)c(C)c2)S(C)(=O)=O)C(C)C(=O)NC(C)C)cc1. The summed E-state index contributed by atoms with van der Waals surface area (Å²) < 4.78 is 26.3. The van der Waals surface area contributed by atoms with Crippen LogP contribution in [0.4, 0.5) is 5.69 Å². The molecular formula is C27H39N3O4S. The lowest BCUT2D eigenvalue weighted by Crippen LogP contribution is -2.49. The smallest absolute Gasteiger partial charge is 0.242 e. The van der Waals surface area contributed by atoms with Gasteiger partial charge in [0.25, 0.3) is 0 Å². The zero-order valence-corrected chi connectivity index (χ0v) is 22.8. The van der Waals surface area contributed by atoms with E-state index in [2.05, 4.69) is 5.32 Å². The number of amides is 2. The molecule has 7 nitrogen and oxygen atoms in total. The minimum atomic E-state index is -3.52. The van der Waals surface area contributed by atoms with Gasteiger partial charge in [-0.25, -0.2) is 8.42 Å². The molecule has 1 unspecified atom stereocenters. The van der Waals surface area contributed by atoms with Crippen molar-refractivity contribution in [2.75, 3.05) is 17.1 Å². The maximum Gasteiger partial charge on any atom is 0.242 e. The molecule has 192 valence electrons. The van der Waals surface area contributed by atoms with Gasteiger partial charge in [0, 0.05) is 25.6 Å². The Morgan fingerprint density at radius 3 is 2.11 bits per heavy atom. The molecule has 2 rings (SSSR count). The standard InChI is InChI=1S/C27H39N3O4S/c1-19(2)28-27(32)23(6)29(18-24-13-10-20(3)11-14-24)26(31)9-8-16-30(35(7,33)34)25-15-12-21(4)22(5)17-25/h10-15,17,19,23H,8-9,16,18H2,1-7H3,(H,28,32). The second-order valence-corrected chi connectivity index (χ2v) is 11.5. The molecule has 0 saturated carbocycles. The summed E-state index contributed by atoms with van der Waals surface area (Å²) in [7, 11) is -3.52. The molecule has 0 aliphatic rings. The van der Waals surface area contributed by atoms with E-state index in [-0.39, 0.29) is 30.8 Å². The monoisotopic (exact) mass is 501 g/mol. The maximum absolute atomic E-state index is 13.3. The molecule has 0 fully saturated rings. The molecule has 0 aromatic heterocycles. The number of nitrogens with one attached hydrogen (secondary N) is 1. The summed E-state index contributed by atoms with van der Waals surface area (Å²) in [6.07, 6.45) is 1.63. The lowest BCUT2D eigenvalue weighted by atomic mass is 10.1. The molecule has 0 saturated heterocycles. The van der Waals surface area contributed by atoms with Gasteiger partial charge >= 0.3 is 0 Å². The quantitative estimate of drug-likeness (QED) is 0.502. The third-order valence-electron chi connectivity index (χ3n) is 6.00. The number of anilines is 1. The van der Waals surface area contributed by atoms with Gasteiger partial charge in [0.2, 0.25) is 21.8 Å². The highest BCUT2D eigenvalue weighted by Crippen LogP contribution is 2.22. The number of nitrogens with zero attached hydrogens (tertiary/aromatic N) is 2. The summed E-state index contributed by atoms with van der Waals surface area (Å²) >= 11 is 0. The molecule has 0 aliphatic heterocycles. The first-order chi connectivity index (χ1) is 16.3. The second-order valence-electron chi connectivity index (χ2n) is 9.55. The Balaban J connectivity index is 2.18. The molecule has 0 spiro atoms. The number of carbonyl (C=O) groups excluding carboxylic acids is 2. The summed E-state index contributed by atoms with van der Waals surface area (Å²) in [6, 6.07) is 12.7. The van der Waals surface area contributed by atoms with Crippen LogP contribution in [0.3, 0.4) is 0 Å². The van der Waals surface area contributed by atoms with Gasteiger partial charge in [0.1, 0.15) is 6.04 Å². The lowest BCUT2D eigenvalue weighted by molar-refractivity contribution is -0.140. The molecule has 1 atom stereocenters. The van der Waals surface area contributed by atoms with Gasteiger partial charge in [0.05, 0.1) is 11.9 Å². The summed E-state index contributed by atoms with van der Waals surface area (Å²) in [5.74, 6) is -0.404. The van der Waals surface area contributed by atoms with Gasteiger partial charge in [-0.15, -0.1) is 0 Å². The van der Waals surface area contributed by atoms with Crippen LogP contribution >= 0.6 is 0 Å². The van der Waals surface area contributed by atoms with Crippen LogP contribution in [-0.4, -0.2) is 50.0 Å². The van der Waals surface area contributed by atoms with Crippen LogP contribution < -0.4 is 9.62 Å². The zero-order valence-electron chi connectivity index (χ0n) is 22.0. The van der Waals surface area contributed by atoms with E-state index in [0.717, 1.165) is 22.3 Å². The predicted octanol–water partition coefficient (Wildman–Crippen LogP) is 4.10. The number of aryl methyl sites for hydroxylation is 3. The molecule has 0 radical (unpaired) electrons. The Morgan fingerprint density at radius 1 is 0.943 bits per heavy atom. The largest absolute Gasteiger partial charge is 0.352 e. The van der Waals surface area contributed by atoms with Crippen molar-refractivity contribution in [3.05, 3.63) is 64.7 Å². The fourth-order valence-electron chi connectivity index (χ4n) is 3.76. The number of hydrogen-bond acceptors (Lipinski definition) is 4. The molecule has 1 N–H and O–H groups in total.